The lowest BCUT2D eigenvalue weighted by Crippen LogP contribution is -2.36. The zero-order valence-corrected chi connectivity index (χ0v) is 17.7. The third-order valence-corrected chi connectivity index (χ3v) is 6.02. The second-order valence-corrected chi connectivity index (χ2v) is 7.60. The van der Waals surface area contributed by atoms with Gasteiger partial charge in [-0.3, -0.25) is 4.79 Å². The van der Waals surface area contributed by atoms with Crippen molar-refractivity contribution in [3.63, 3.8) is 0 Å². The van der Waals surface area contributed by atoms with E-state index in [0.29, 0.717) is 10.8 Å². The van der Waals surface area contributed by atoms with Crippen molar-refractivity contribution in [1.29, 1.82) is 0 Å². The number of carbonyl (C=O) groups is 1. The van der Waals surface area contributed by atoms with E-state index in [0.717, 1.165) is 53.3 Å². The first-order valence-electron chi connectivity index (χ1n) is 8.76. The molecule has 3 rings (SSSR count). The fourth-order valence-electron chi connectivity index (χ4n) is 2.92. The molecule has 0 unspecified atom stereocenters. The Morgan fingerprint density at radius 1 is 1.26 bits per heavy atom. The van der Waals surface area contributed by atoms with Gasteiger partial charge in [0, 0.05) is 29.5 Å². The molecule has 1 heterocycles. The third kappa shape index (κ3) is 4.94. The molecule has 7 heteroatoms. The number of hydrogen-bond acceptors (Lipinski definition) is 4. The molecule has 2 aromatic carbocycles. The quantitative estimate of drug-likeness (QED) is 0.720. The number of rotatable bonds is 5. The van der Waals surface area contributed by atoms with Crippen LogP contribution in [0, 0.1) is 13.8 Å². The van der Waals surface area contributed by atoms with Crippen molar-refractivity contribution in [2.45, 2.75) is 13.8 Å². The summed E-state index contributed by atoms with van der Waals surface area (Å²) in [4.78, 5) is 14.5. The maximum atomic E-state index is 12.2. The van der Waals surface area contributed by atoms with Crippen molar-refractivity contribution >= 4 is 44.8 Å². The zero-order chi connectivity index (χ0) is 19.4. The molecule has 27 heavy (non-hydrogen) atoms. The molecule has 1 aliphatic heterocycles. The van der Waals surface area contributed by atoms with Crippen molar-refractivity contribution < 1.29 is 14.3 Å². The third-order valence-electron chi connectivity index (χ3n) is 4.45. The Morgan fingerprint density at radius 3 is 2.59 bits per heavy atom. The Hall–Kier alpha value is -1.76. The van der Waals surface area contributed by atoms with Gasteiger partial charge in [0.15, 0.2) is 6.61 Å². The zero-order valence-electron chi connectivity index (χ0n) is 15.4. The fraction of sp³-hybridized carbons (Fsp3) is 0.350. The van der Waals surface area contributed by atoms with Crippen LogP contribution in [-0.4, -0.2) is 38.8 Å². The largest absolute Gasteiger partial charge is 0.483 e. The van der Waals surface area contributed by atoms with Gasteiger partial charge < -0.3 is 19.7 Å². The molecule has 0 atom stereocenters. The number of hydrogen-bond donors (Lipinski definition) is 1. The first-order chi connectivity index (χ1) is 13.0. The number of nitrogens with zero attached hydrogens (tertiary/aromatic N) is 1. The van der Waals surface area contributed by atoms with Gasteiger partial charge in [-0.1, -0.05) is 11.6 Å². The molecule has 0 aliphatic carbocycles. The lowest BCUT2D eigenvalue weighted by Gasteiger charge is -2.28. The molecule has 1 N–H and O–H groups in total. The molecular formula is C20H22BrClN2O3. The Kier molecular flexibility index (Phi) is 6.63. The van der Waals surface area contributed by atoms with E-state index < -0.39 is 0 Å². The van der Waals surface area contributed by atoms with Crippen molar-refractivity contribution in [3.8, 4) is 5.75 Å². The Labute approximate surface area is 172 Å². The summed E-state index contributed by atoms with van der Waals surface area (Å²) >= 11 is 9.69. The average molecular weight is 454 g/mol. The van der Waals surface area contributed by atoms with E-state index in [1.165, 1.54) is 0 Å². The highest BCUT2D eigenvalue weighted by Crippen LogP contribution is 2.35. The number of carbonyl (C=O) groups excluding carboxylic acids is 1. The Balaban J connectivity index is 1.56. The van der Waals surface area contributed by atoms with Crippen LogP contribution in [0.1, 0.15) is 11.1 Å². The van der Waals surface area contributed by atoms with Crippen molar-refractivity contribution in [2.75, 3.05) is 43.1 Å². The van der Waals surface area contributed by atoms with Gasteiger partial charge in [0.1, 0.15) is 5.75 Å². The number of ether oxygens (including phenoxy) is 2. The summed E-state index contributed by atoms with van der Waals surface area (Å²) in [6, 6.07) is 9.63. The molecule has 2 aromatic rings. The molecule has 1 aliphatic rings. The lowest BCUT2D eigenvalue weighted by atomic mass is 10.1. The van der Waals surface area contributed by atoms with Crippen LogP contribution in [0.15, 0.2) is 34.8 Å². The number of morpholine rings is 1. The van der Waals surface area contributed by atoms with Crippen LogP contribution in [0.5, 0.6) is 5.75 Å². The monoisotopic (exact) mass is 452 g/mol. The van der Waals surface area contributed by atoms with Crippen LogP contribution in [0.3, 0.4) is 0 Å². The van der Waals surface area contributed by atoms with Gasteiger partial charge in [-0.2, -0.15) is 0 Å². The number of aryl methyl sites for hydroxylation is 1. The van der Waals surface area contributed by atoms with Crippen LogP contribution in [0.4, 0.5) is 11.4 Å². The number of halogens is 2. The van der Waals surface area contributed by atoms with Gasteiger partial charge >= 0.3 is 0 Å². The number of anilines is 2. The van der Waals surface area contributed by atoms with Crippen molar-refractivity contribution in [2.24, 2.45) is 0 Å². The first kappa shape index (κ1) is 20.0. The molecule has 0 radical (unpaired) electrons. The SMILES string of the molecule is Cc1cc(OCC(=O)Nc2ccc(N3CCOCC3)cc2)c(Br)c(C)c1Cl. The molecule has 0 saturated carbocycles. The van der Waals surface area contributed by atoms with Gasteiger partial charge in [-0.25, -0.2) is 0 Å². The number of amides is 1. The second-order valence-electron chi connectivity index (χ2n) is 6.43. The topological polar surface area (TPSA) is 50.8 Å². The fourth-order valence-corrected chi connectivity index (χ4v) is 3.61. The van der Waals surface area contributed by atoms with Crippen molar-refractivity contribution in [1.82, 2.24) is 0 Å². The average Bonchev–Trinajstić information content (AvgIpc) is 2.69. The molecule has 5 nitrogen and oxygen atoms in total. The minimum Gasteiger partial charge on any atom is -0.483 e. The molecule has 0 bridgehead atoms. The van der Waals surface area contributed by atoms with Gasteiger partial charge in [-0.05, 0) is 71.2 Å². The van der Waals surface area contributed by atoms with Gasteiger partial charge in [0.05, 0.1) is 17.7 Å². The summed E-state index contributed by atoms with van der Waals surface area (Å²) in [5, 5.41) is 3.55. The van der Waals surface area contributed by atoms with Crippen LogP contribution < -0.4 is 15.0 Å². The summed E-state index contributed by atoms with van der Waals surface area (Å²) in [7, 11) is 0. The first-order valence-corrected chi connectivity index (χ1v) is 9.93. The summed E-state index contributed by atoms with van der Waals surface area (Å²) < 4.78 is 11.8. The van der Waals surface area contributed by atoms with E-state index in [9.17, 15) is 4.79 Å². The van der Waals surface area contributed by atoms with Crippen LogP contribution in [0.2, 0.25) is 5.02 Å². The Bertz CT molecular complexity index is 821. The molecule has 1 amide bonds. The van der Waals surface area contributed by atoms with Crippen LogP contribution in [0.25, 0.3) is 0 Å². The second kappa shape index (κ2) is 8.95. The smallest absolute Gasteiger partial charge is 0.262 e. The van der Waals surface area contributed by atoms with Gasteiger partial charge in [-0.15, -0.1) is 0 Å². The standard InChI is InChI=1S/C20H22BrClN2O3/c1-13-11-17(19(21)14(2)20(13)22)27-12-18(25)23-15-3-5-16(6-4-15)24-7-9-26-10-8-24/h3-6,11H,7-10,12H2,1-2H3,(H,23,25). The van der Waals surface area contributed by atoms with E-state index in [-0.39, 0.29) is 12.5 Å². The summed E-state index contributed by atoms with van der Waals surface area (Å²) in [6.07, 6.45) is 0. The van der Waals surface area contributed by atoms with E-state index in [4.69, 9.17) is 21.1 Å². The highest BCUT2D eigenvalue weighted by molar-refractivity contribution is 9.10. The molecular weight excluding hydrogens is 432 g/mol. The summed E-state index contributed by atoms with van der Waals surface area (Å²) in [6.45, 7) is 6.99. The van der Waals surface area contributed by atoms with Crippen LogP contribution >= 0.6 is 27.5 Å². The van der Waals surface area contributed by atoms with Gasteiger partial charge in [0.25, 0.3) is 5.91 Å². The summed E-state index contributed by atoms with van der Waals surface area (Å²) in [5.74, 6) is 0.387. The summed E-state index contributed by atoms with van der Waals surface area (Å²) in [5.41, 5.74) is 3.67. The number of nitrogens with one attached hydrogen (secondary N) is 1. The predicted octanol–water partition coefficient (Wildman–Crippen LogP) is 4.57. The minimum atomic E-state index is -0.216. The van der Waals surface area contributed by atoms with E-state index in [1.807, 2.05) is 44.2 Å². The van der Waals surface area contributed by atoms with Crippen molar-refractivity contribution in [3.05, 3.63) is 51.0 Å². The van der Waals surface area contributed by atoms with Gasteiger partial charge in [0.2, 0.25) is 0 Å². The highest BCUT2D eigenvalue weighted by atomic mass is 79.9. The molecule has 1 fully saturated rings. The maximum absolute atomic E-state index is 12.2. The lowest BCUT2D eigenvalue weighted by molar-refractivity contribution is -0.118. The maximum Gasteiger partial charge on any atom is 0.262 e. The predicted molar refractivity (Wildman–Crippen MR) is 112 cm³/mol. The van der Waals surface area contributed by atoms with E-state index in [1.54, 1.807) is 0 Å². The molecule has 0 spiro atoms. The number of benzene rings is 2. The Morgan fingerprint density at radius 2 is 1.93 bits per heavy atom. The van der Waals surface area contributed by atoms with E-state index in [2.05, 4.69) is 26.1 Å². The highest BCUT2D eigenvalue weighted by Gasteiger charge is 2.13. The minimum absolute atomic E-state index is 0.0790. The molecule has 144 valence electrons. The van der Waals surface area contributed by atoms with E-state index >= 15 is 0 Å². The molecule has 0 aromatic heterocycles. The normalized spacial score (nSPS) is 14.1. The van der Waals surface area contributed by atoms with Crippen LogP contribution in [-0.2, 0) is 9.53 Å². The molecule has 1 saturated heterocycles.